The molecule has 2 N–H and O–H groups in total. The third-order valence-electron chi connectivity index (χ3n) is 2.43. The number of aromatic nitrogens is 1. The number of hydrogen-bond donors (Lipinski definition) is 1. The summed E-state index contributed by atoms with van der Waals surface area (Å²) in [6, 6.07) is 0. The molecule has 1 rings (SSSR count). The quantitative estimate of drug-likeness (QED) is 0.805. The van der Waals surface area contributed by atoms with Crippen LogP contribution in [0.3, 0.4) is 0 Å². The fourth-order valence-electron chi connectivity index (χ4n) is 1.56. The van der Waals surface area contributed by atoms with Crippen LogP contribution < -0.4 is 10.5 Å². The lowest BCUT2D eigenvalue weighted by Gasteiger charge is -2.14. The maximum Gasteiger partial charge on any atom is 0.311 e. The number of alkyl halides is 2. The summed E-state index contributed by atoms with van der Waals surface area (Å²) in [6.07, 6.45) is -1.85. The van der Waals surface area contributed by atoms with Crippen LogP contribution in [0.2, 0.25) is 0 Å². The number of carbonyl (C=O) groups is 1. The summed E-state index contributed by atoms with van der Waals surface area (Å²) in [7, 11) is 2.54. The van der Waals surface area contributed by atoms with E-state index in [1.807, 2.05) is 0 Å². The Morgan fingerprint density at radius 1 is 1.50 bits per heavy atom. The molecule has 1 aromatic heterocycles. The van der Waals surface area contributed by atoms with E-state index in [2.05, 4.69) is 9.72 Å². The Labute approximate surface area is 103 Å². The smallest absolute Gasteiger partial charge is 0.311 e. The highest BCUT2D eigenvalue weighted by atomic mass is 19.3. The average Bonchev–Trinajstić information content (AvgIpc) is 2.37. The van der Waals surface area contributed by atoms with Crippen molar-refractivity contribution in [2.45, 2.75) is 19.4 Å². The van der Waals surface area contributed by atoms with Crippen LogP contribution >= 0.6 is 0 Å². The van der Waals surface area contributed by atoms with Gasteiger partial charge in [0, 0.05) is 23.9 Å². The van der Waals surface area contributed by atoms with Gasteiger partial charge in [-0.2, -0.15) is 0 Å². The second-order valence-corrected chi connectivity index (χ2v) is 3.43. The van der Waals surface area contributed by atoms with Crippen molar-refractivity contribution in [3.05, 3.63) is 23.0 Å². The Morgan fingerprint density at radius 2 is 2.17 bits per heavy atom. The van der Waals surface area contributed by atoms with E-state index in [1.54, 1.807) is 0 Å². The highest BCUT2D eigenvalue weighted by molar-refractivity contribution is 5.73. The lowest BCUT2D eigenvalue weighted by molar-refractivity contribution is -0.139. The molecule has 0 aliphatic heterocycles. The molecule has 18 heavy (non-hydrogen) atoms. The first-order chi connectivity index (χ1) is 8.54. The van der Waals surface area contributed by atoms with E-state index in [0.717, 1.165) is 6.20 Å². The largest absolute Gasteiger partial charge is 0.494 e. The zero-order valence-electron chi connectivity index (χ0n) is 10.1. The molecule has 0 aromatic carbocycles. The summed E-state index contributed by atoms with van der Waals surface area (Å²) in [5.41, 5.74) is 5.54. The molecule has 1 heterocycles. The van der Waals surface area contributed by atoms with E-state index < -0.39 is 12.4 Å². The van der Waals surface area contributed by atoms with Crippen LogP contribution in [0.4, 0.5) is 8.78 Å². The van der Waals surface area contributed by atoms with Crippen molar-refractivity contribution in [3.63, 3.8) is 0 Å². The minimum Gasteiger partial charge on any atom is -0.494 e. The normalized spacial score (nSPS) is 10.6. The first kappa shape index (κ1) is 14.3. The number of rotatable bonds is 5. The zero-order chi connectivity index (χ0) is 13.7. The highest BCUT2D eigenvalue weighted by Gasteiger charge is 2.21. The number of ether oxygens (including phenoxy) is 2. The monoisotopic (exact) mass is 260 g/mol. The van der Waals surface area contributed by atoms with E-state index in [4.69, 9.17) is 10.5 Å². The van der Waals surface area contributed by atoms with Gasteiger partial charge in [-0.3, -0.25) is 9.78 Å². The average molecular weight is 260 g/mol. The Morgan fingerprint density at radius 3 is 2.61 bits per heavy atom. The van der Waals surface area contributed by atoms with Gasteiger partial charge in [0.25, 0.3) is 6.43 Å². The molecule has 100 valence electrons. The van der Waals surface area contributed by atoms with Crippen molar-refractivity contribution in [1.29, 1.82) is 0 Å². The molecule has 0 radical (unpaired) electrons. The Bertz CT molecular complexity index is 439. The molecule has 7 heteroatoms. The summed E-state index contributed by atoms with van der Waals surface area (Å²) in [5, 5.41) is 0. The number of methoxy groups -OCH3 is 2. The molecule has 0 bridgehead atoms. The predicted octanol–water partition coefficient (Wildman–Crippen LogP) is 1.20. The highest BCUT2D eigenvalue weighted by Crippen LogP contribution is 2.31. The second kappa shape index (κ2) is 6.25. The van der Waals surface area contributed by atoms with Crippen LogP contribution in [0.15, 0.2) is 6.20 Å². The van der Waals surface area contributed by atoms with E-state index in [0.29, 0.717) is 0 Å². The number of nitrogens with two attached hydrogens (primary N) is 1. The van der Waals surface area contributed by atoms with Gasteiger partial charge in [0.1, 0.15) is 5.75 Å². The Balaban J connectivity index is 3.25. The van der Waals surface area contributed by atoms with E-state index in [-0.39, 0.29) is 35.5 Å². The van der Waals surface area contributed by atoms with E-state index >= 15 is 0 Å². The summed E-state index contributed by atoms with van der Waals surface area (Å²) in [4.78, 5) is 15.0. The molecule has 0 aliphatic rings. The van der Waals surface area contributed by atoms with Gasteiger partial charge < -0.3 is 15.2 Å². The maximum atomic E-state index is 12.7. The molecule has 0 spiro atoms. The molecule has 0 saturated carbocycles. The van der Waals surface area contributed by atoms with Crippen LogP contribution in [0, 0.1) is 0 Å². The summed E-state index contributed by atoms with van der Waals surface area (Å²) in [6.45, 7) is -0.125. The first-order valence-electron chi connectivity index (χ1n) is 5.14. The number of esters is 1. The van der Waals surface area contributed by atoms with Crippen molar-refractivity contribution in [1.82, 2.24) is 4.98 Å². The van der Waals surface area contributed by atoms with Crippen LogP contribution in [-0.2, 0) is 22.5 Å². The predicted molar refractivity (Wildman–Crippen MR) is 59.4 cm³/mol. The third-order valence-corrected chi connectivity index (χ3v) is 2.43. The molecule has 0 aliphatic carbocycles. The second-order valence-electron chi connectivity index (χ2n) is 3.43. The number of halogens is 2. The molecule has 0 fully saturated rings. The molecule has 5 nitrogen and oxygen atoms in total. The topological polar surface area (TPSA) is 74.4 Å². The number of nitrogens with zero attached hydrogens (tertiary/aromatic N) is 1. The summed E-state index contributed by atoms with van der Waals surface area (Å²) < 4.78 is 35.0. The number of hydrogen-bond acceptors (Lipinski definition) is 5. The van der Waals surface area contributed by atoms with Gasteiger partial charge in [-0.15, -0.1) is 0 Å². The van der Waals surface area contributed by atoms with Gasteiger partial charge in [0.2, 0.25) is 0 Å². The fourth-order valence-corrected chi connectivity index (χ4v) is 1.56. The van der Waals surface area contributed by atoms with E-state index in [9.17, 15) is 13.6 Å². The molecule has 0 saturated heterocycles. The van der Waals surface area contributed by atoms with Crippen molar-refractivity contribution in [2.75, 3.05) is 14.2 Å². The van der Waals surface area contributed by atoms with E-state index in [1.165, 1.54) is 14.2 Å². The van der Waals surface area contributed by atoms with Gasteiger partial charge in [-0.25, -0.2) is 8.78 Å². The first-order valence-corrected chi connectivity index (χ1v) is 5.14. The molecule has 0 atom stereocenters. The summed E-state index contributed by atoms with van der Waals surface area (Å²) in [5.74, 6) is -0.422. The van der Waals surface area contributed by atoms with Crippen molar-refractivity contribution >= 4 is 5.97 Å². The Hall–Kier alpha value is -1.76. The lowest BCUT2D eigenvalue weighted by atomic mass is 10.1. The zero-order valence-corrected chi connectivity index (χ0v) is 10.1. The maximum absolute atomic E-state index is 12.7. The molecular formula is C11H14F2N2O3. The van der Waals surface area contributed by atoms with Crippen LogP contribution in [0.25, 0.3) is 0 Å². The van der Waals surface area contributed by atoms with Crippen LogP contribution in [0.5, 0.6) is 5.75 Å². The van der Waals surface area contributed by atoms with Crippen molar-refractivity contribution < 1.29 is 23.0 Å². The molecule has 1 aromatic rings. The number of pyridine rings is 1. The van der Waals surface area contributed by atoms with Gasteiger partial charge >= 0.3 is 5.97 Å². The SMILES string of the molecule is COC(=O)Cc1ncc(C(F)F)c(CN)c1OC. The van der Waals surface area contributed by atoms with Crippen LogP contribution in [-0.4, -0.2) is 25.2 Å². The van der Waals surface area contributed by atoms with Crippen molar-refractivity contribution in [2.24, 2.45) is 5.73 Å². The standard InChI is InChI=1S/C11H14F2N2O3/c1-17-9(16)3-8-10(18-2)6(4-14)7(5-15-8)11(12)13/h5,11H,3-4,14H2,1-2H3. The van der Waals surface area contributed by atoms with Gasteiger partial charge in [-0.1, -0.05) is 0 Å². The third kappa shape index (κ3) is 2.92. The fraction of sp³-hybridized carbons (Fsp3) is 0.455. The molecule has 0 amide bonds. The van der Waals surface area contributed by atoms with Gasteiger partial charge in [0.15, 0.2) is 0 Å². The molecule has 0 unspecified atom stereocenters. The minimum atomic E-state index is -2.70. The Kier molecular flexibility index (Phi) is 4.96. The minimum absolute atomic E-state index is 0.112. The lowest BCUT2D eigenvalue weighted by Crippen LogP contribution is -2.12. The van der Waals surface area contributed by atoms with Crippen molar-refractivity contribution in [3.8, 4) is 5.75 Å². The van der Waals surface area contributed by atoms with Crippen LogP contribution in [0.1, 0.15) is 23.2 Å². The molecular weight excluding hydrogens is 246 g/mol. The van der Waals surface area contributed by atoms with Gasteiger partial charge in [0.05, 0.1) is 26.3 Å². The number of carbonyl (C=O) groups excluding carboxylic acids is 1. The van der Waals surface area contributed by atoms with Gasteiger partial charge in [-0.05, 0) is 0 Å². The summed E-state index contributed by atoms with van der Waals surface area (Å²) >= 11 is 0.